The third kappa shape index (κ3) is 6.23. The van der Waals surface area contributed by atoms with Crippen molar-refractivity contribution >= 4 is 18.0 Å². The molecule has 0 unspecified atom stereocenters. The largest absolute Gasteiger partial charge is 0.497 e. The molecule has 0 bridgehead atoms. The number of nitrogens with one attached hydrogen (secondary N) is 2. The number of nitrogens with zero attached hydrogens (tertiary/aromatic N) is 1. The maximum absolute atomic E-state index is 12.0. The minimum absolute atomic E-state index is 0.105. The van der Waals surface area contributed by atoms with Crippen molar-refractivity contribution in [3.05, 3.63) is 83.8 Å². The average Bonchev–Trinajstić information content (AvgIpc) is 3.31. The Bertz CT molecular complexity index is 981. The minimum Gasteiger partial charge on any atom is -0.497 e. The van der Waals surface area contributed by atoms with Gasteiger partial charge in [-0.3, -0.25) is 9.59 Å². The number of hydrogen-bond donors (Lipinski definition) is 2. The van der Waals surface area contributed by atoms with E-state index in [1.54, 1.807) is 74.0 Å². The summed E-state index contributed by atoms with van der Waals surface area (Å²) >= 11 is 0. The first-order valence-electron chi connectivity index (χ1n) is 9.13. The molecule has 0 aliphatic carbocycles. The maximum Gasteiger partial charge on any atom is 0.271 e. The lowest BCUT2D eigenvalue weighted by Crippen LogP contribution is -2.28. The Balaban J connectivity index is 1.42. The molecule has 1 aromatic heterocycles. The first kappa shape index (κ1) is 20.7. The zero-order valence-corrected chi connectivity index (χ0v) is 16.3. The second-order valence-corrected chi connectivity index (χ2v) is 6.14. The summed E-state index contributed by atoms with van der Waals surface area (Å²) in [4.78, 5) is 23.8. The van der Waals surface area contributed by atoms with E-state index in [1.165, 1.54) is 6.21 Å². The Labute approximate surface area is 173 Å². The molecule has 0 atom stereocenters. The van der Waals surface area contributed by atoms with Gasteiger partial charge in [0.1, 0.15) is 17.3 Å². The van der Waals surface area contributed by atoms with Crippen LogP contribution in [0.1, 0.15) is 21.7 Å². The Morgan fingerprint density at radius 3 is 2.43 bits per heavy atom. The predicted octanol–water partition coefficient (Wildman–Crippen LogP) is 2.75. The van der Waals surface area contributed by atoms with Crippen LogP contribution in [0.4, 0.5) is 0 Å². The zero-order valence-electron chi connectivity index (χ0n) is 16.3. The molecule has 8 heteroatoms. The van der Waals surface area contributed by atoms with Crippen LogP contribution in [0.5, 0.6) is 11.5 Å². The fourth-order valence-corrected chi connectivity index (χ4v) is 2.42. The SMILES string of the molecule is COc1ccc(C(=O)N/N=C/c2ccc(OCC(=O)NCc3ccco3)cc2)cc1. The van der Waals surface area contributed by atoms with E-state index in [1.807, 2.05) is 0 Å². The van der Waals surface area contributed by atoms with Gasteiger partial charge in [0.2, 0.25) is 0 Å². The molecule has 0 fully saturated rings. The number of hydrogen-bond acceptors (Lipinski definition) is 6. The maximum atomic E-state index is 12.0. The molecular weight excluding hydrogens is 386 g/mol. The zero-order chi connectivity index (χ0) is 21.2. The van der Waals surface area contributed by atoms with Gasteiger partial charge in [-0.2, -0.15) is 5.10 Å². The number of rotatable bonds is 9. The van der Waals surface area contributed by atoms with Crippen molar-refractivity contribution in [1.82, 2.24) is 10.7 Å². The molecular formula is C22H21N3O5. The van der Waals surface area contributed by atoms with Gasteiger partial charge < -0.3 is 19.2 Å². The molecule has 0 aliphatic rings. The Hall–Kier alpha value is -4.07. The fraction of sp³-hybridized carbons (Fsp3) is 0.136. The van der Waals surface area contributed by atoms with Gasteiger partial charge in [-0.15, -0.1) is 0 Å². The average molecular weight is 407 g/mol. The van der Waals surface area contributed by atoms with E-state index in [4.69, 9.17) is 13.9 Å². The molecule has 0 saturated heterocycles. The van der Waals surface area contributed by atoms with E-state index in [0.29, 0.717) is 29.4 Å². The first-order chi connectivity index (χ1) is 14.6. The van der Waals surface area contributed by atoms with Crippen molar-refractivity contribution in [1.29, 1.82) is 0 Å². The summed E-state index contributed by atoms with van der Waals surface area (Å²) in [5.41, 5.74) is 3.70. The Morgan fingerprint density at radius 2 is 1.77 bits per heavy atom. The van der Waals surface area contributed by atoms with Crippen molar-refractivity contribution in [3.8, 4) is 11.5 Å². The summed E-state index contributed by atoms with van der Waals surface area (Å²) in [6.45, 7) is 0.207. The molecule has 3 aromatic rings. The molecule has 1 heterocycles. The summed E-state index contributed by atoms with van der Waals surface area (Å²) in [6, 6.07) is 17.2. The second-order valence-electron chi connectivity index (χ2n) is 6.14. The van der Waals surface area contributed by atoms with Crippen LogP contribution < -0.4 is 20.2 Å². The number of furan rings is 1. The molecule has 0 spiro atoms. The van der Waals surface area contributed by atoms with Crippen molar-refractivity contribution < 1.29 is 23.5 Å². The molecule has 0 radical (unpaired) electrons. The molecule has 154 valence electrons. The summed E-state index contributed by atoms with van der Waals surface area (Å²) in [5.74, 6) is 1.31. The van der Waals surface area contributed by atoms with Crippen molar-refractivity contribution in [2.45, 2.75) is 6.54 Å². The van der Waals surface area contributed by atoms with Gasteiger partial charge in [0.15, 0.2) is 6.61 Å². The summed E-state index contributed by atoms with van der Waals surface area (Å²) < 4.78 is 15.6. The molecule has 0 saturated carbocycles. The van der Waals surface area contributed by atoms with Gasteiger partial charge in [-0.25, -0.2) is 5.43 Å². The highest BCUT2D eigenvalue weighted by Crippen LogP contribution is 2.12. The molecule has 3 rings (SSSR count). The molecule has 2 amide bonds. The lowest BCUT2D eigenvalue weighted by Gasteiger charge is -2.07. The summed E-state index contributed by atoms with van der Waals surface area (Å²) in [5, 5.41) is 6.64. The third-order valence-electron chi connectivity index (χ3n) is 4.02. The summed E-state index contributed by atoms with van der Waals surface area (Å²) in [6.07, 6.45) is 3.06. The van der Waals surface area contributed by atoms with Crippen LogP contribution >= 0.6 is 0 Å². The van der Waals surface area contributed by atoms with E-state index in [-0.39, 0.29) is 18.4 Å². The number of methoxy groups -OCH3 is 1. The van der Waals surface area contributed by atoms with E-state index in [9.17, 15) is 9.59 Å². The lowest BCUT2D eigenvalue weighted by molar-refractivity contribution is -0.123. The smallest absolute Gasteiger partial charge is 0.271 e. The molecule has 2 N–H and O–H groups in total. The van der Waals surface area contributed by atoms with Gasteiger partial charge >= 0.3 is 0 Å². The highest BCUT2D eigenvalue weighted by atomic mass is 16.5. The lowest BCUT2D eigenvalue weighted by atomic mass is 10.2. The minimum atomic E-state index is -0.325. The van der Waals surface area contributed by atoms with Gasteiger partial charge in [-0.1, -0.05) is 0 Å². The first-order valence-corrected chi connectivity index (χ1v) is 9.13. The topological polar surface area (TPSA) is 102 Å². The number of carbonyl (C=O) groups excluding carboxylic acids is 2. The van der Waals surface area contributed by atoms with E-state index in [2.05, 4.69) is 15.8 Å². The predicted molar refractivity (Wildman–Crippen MR) is 111 cm³/mol. The standard InChI is InChI=1S/C22H21N3O5/c1-28-18-10-6-17(7-11-18)22(27)25-24-13-16-4-8-19(9-5-16)30-15-21(26)23-14-20-3-2-12-29-20/h2-13H,14-15H2,1H3,(H,23,26)(H,25,27)/b24-13+. The van der Waals surface area contributed by atoms with Crippen LogP contribution in [0, 0.1) is 0 Å². The number of benzene rings is 2. The van der Waals surface area contributed by atoms with Gasteiger partial charge in [0.05, 0.1) is 26.1 Å². The fourth-order valence-electron chi connectivity index (χ4n) is 2.42. The molecule has 8 nitrogen and oxygen atoms in total. The van der Waals surface area contributed by atoms with Crippen molar-refractivity contribution in [2.75, 3.05) is 13.7 Å². The second kappa shape index (κ2) is 10.5. The van der Waals surface area contributed by atoms with E-state index in [0.717, 1.165) is 5.56 Å². The normalized spacial score (nSPS) is 10.6. The van der Waals surface area contributed by atoms with Crippen LogP contribution in [0.25, 0.3) is 0 Å². The van der Waals surface area contributed by atoms with Gasteiger partial charge in [-0.05, 0) is 66.2 Å². The highest BCUT2D eigenvalue weighted by Gasteiger charge is 2.05. The molecule has 2 aromatic carbocycles. The number of carbonyl (C=O) groups is 2. The van der Waals surface area contributed by atoms with E-state index < -0.39 is 0 Å². The van der Waals surface area contributed by atoms with Crippen LogP contribution in [0.2, 0.25) is 0 Å². The van der Waals surface area contributed by atoms with E-state index >= 15 is 0 Å². The van der Waals surface area contributed by atoms with Crippen LogP contribution in [-0.4, -0.2) is 31.7 Å². The van der Waals surface area contributed by atoms with Crippen LogP contribution in [-0.2, 0) is 11.3 Å². The van der Waals surface area contributed by atoms with Crippen molar-refractivity contribution in [3.63, 3.8) is 0 Å². The number of amides is 2. The molecule has 0 aliphatic heterocycles. The quantitative estimate of drug-likeness (QED) is 0.419. The number of ether oxygens (including phenoxy) is 2. The van der Waals surface area contributed by atoms with Gasteiger partial charge in [0.25, 0.3) is 11.8 Å². The number of hydrazone groups is 1. The Morgan fingerprint density at radius 1 is 1.03 bits per heavy atom. The summed E-state index contributed by atoms with van der Waals surface area (Å²) in [7, 11) is 1.56. The van der Waals surface area contributed by atoms with Crippen LogP contribution in [0.3, 0.4) is 0 Å². The monoisotopic (exact) mass is 407 g/mol. The third-order valence-corrected chi connectivity index (χ3v) is 4.02. The molecule has 30 heavy (non-hydrogen) atoms. The van der Waals surface area contributed by atoms with Gasteiger partial charge in [0, 0.05) is 5.56 Å². The van der Waals surface area contributed by atoms with Crippen molar-refractivity contribution in [2.24, 2.45) is 5.10 Å². The van der Waals surface area contributed by atoms with Crippen LogP contribution in [0.15, 0.2) is 76.4 Å². The highest BCUT2D eigenvalue weighted by molar-refractivity contribution is 5.95. The Kier molecular flexibility index (Phi) is 7.21.